The molecule has 1 aliphatic rings. The fraction of sp³-hybridized carbons (Fsp3) is 0.400. The molecule has 0 bridgehead atoms. The number of aromatic nitrogens is 4. The normalized spacial score (nSPS) is 15.0. The number of hydrogen-bond acceptors (Lipinski definition) is 8. The molecule has 146 valence electrons. The van der Waals surface area contributed by atoms with Crippen LogP contribution in [0.25, 0.3) is 0 Å². The molecular formula is C20H24N6O2. The second kappa shape index (κ2) is 8.35. The number of aryl methyl sites for hydroxylation is 2. The highest BCUT2D eigenvalue weighted by molar-refractivity contribution is 5.35. The van der Waals surface area contributed by atoms with Crippen molar-refractivity contribution in [3.8, 4) is 5.75 Å². The van der Waals surface area contributed by atoms with E-state index in [1.807, 2.05) is 12.1 Å². The van der Waals surface area contributed by atoms with E-state index < -0.39 is 0 Å². The summed E-state index contributed by atoms with van der Waals surface area (Å²) in [6, 6.07) is 6.12. The highest BCUT2D eigenvalue weighted by Crippen LogP contribution is 2.17. The summed E-state index contributed by atoms with van der Waals surface area (Å²) in [6.07, 6.45) is 5.22. The SMILES string of the molecule is Cc1cc(C)cc(OCc2noc(CN3CCN(c4cnccn4)CC3)n2)c1. The zero-order chi connectivity index (χ0) is 19.3. The van der Waals surface area contributed by atoms with Gasteiger partial charge in [-0.05, 0) is 37.1 Å². The monoisotopic (exact) mass is 380 g/mol. The van der Waals surface area contributed by atoms with Crippen LogP contribution in [0.1, 0.15) is 22.8 Å². The molecular weight excluding hydrogens is 356 g/mol. The van der Waals surface area contributed by atoms with Crippen LogP contribution in [-0.4, -0.2) is 51.2 Å². The minimum atomic E-state index is 0.298. The van der Waals surface area contributed by atoms with E-state index >= 15 is 0 Å². The van der Waals surface area contributed by atoms with Crippen LogP contribution < -0.4 is 9.64 Å². The summed E-state index contributed by atoms with van der Waals surface area (Å²) in [5.41, 5.74) is 2.34. The highest BCUT2D eigenvalue weighted by Gasteiger charge is 2.20. The largest absolute Gasteiger partial charge is 0.485 e. The lowest BCUT2D eigenvalue weighted by Gasteiger charge is -2.34. The molecule has 1 fully saturated rings. The van der Waals surface area contributed by atoms with Crippen LogP contribution in [0.2, 0.25) is 0 Å². The number of rotatable bonds is 6. The Hall–Kier alpha value is -3.00. The quantitative estimate of drug-likeness (QED) is 0.645. The van der Waals surface area contributed by atoms with Crippen molar-refractivity contribution in [2.45, 2.75) is 27.0 Å². The molecule has 1 aromatic carbocycles. The number of hydrogen-bond donors (Lipinski definition) is 0. The number of benzene rings is 1. The first kappa shape index (κ1) is 18.4. The fourth-order valence-electron chi connectivity index (χ4n) is 3.36. The zero-order valence-corrected chi connectivity index (χ0v) is 16.2. The summed E-state index contributed by atoms with van der Waals surface area (Å²) in [4.78, 5) is 17.5. The molecule has 0 unspecified atom stereocenters. The number of piperazine rings is 1. The molecule has 3 heterocycles. The molecule has 0 amide bonds. The third-order valence-corrected chi connectivity index (χ3v) is 4.68. The Labute approximate surface area is 164 Å². The van der Waals surface area contributed by atoms with E-state index in [-0.39, 0.29) is 0 Å². The Bertz CT molecular complexity index is 886. The van der Waals surface area contributed by atoms with Gasteiger partial charge in [0.15, 0.2) is 6.61 Å². The van der Waals surface area contributed by atoms with Crippen molar-refractivity contribution in [1.82, 2.24) is 25.0 Å². The van der Waals surface area contributed by atoms with Gasteiger partial charge in [-0.1, -0.05) is 11.2 Å². The Morgan fingerprint density at radius 1 is 1.04 bits per heavy atom. The molecule has 0 saturated carbocycles. The fourth-order valence-corrected chi connectivity index (χ4v) is 3.36. The van der Waals surface area contributed by atoms with Gasteiger partial charge in [-0.25, -0.2) is 4.98 Å². The van der Waals surface area contributed by atoms with Gasteiger partial charge in [0.1, 0.15) is 11.6 Å². The lowest BCUT2D eigenvalue weighted by molar-refractivity contribution is 0.214. The Morgan fingerprint density at radius 3 is 2.54 bits per heavy atom. The van der Waals surface area contributed by atoms with Crippen LogP contribution >= 0.6 is 0 Å². The summed E-state index contributed by atoms with van der Waals surface area (Å²) in [5, 5.41) is 4.04. The van der Waals surface area contributed by atoms with Gasteiger partial charge in [-0.2, -0.15) is 4.98 Å². The van der Waals surface area contributed by atoms with Crippen molar-refractivity contribution < 1.29 is 9.26 Å². The van der Waals surface area contributed by atoms with Crippen LogP contribution in [0.5, 0.6) is 5.75 Å². The van der Waals surface area contributed by atoms with Crippen LogP contribution in [0.4, 0.5) is 5.82 Å². The van der Waals surface area contributed by atoms with Crippen LogP contribution in [0, 0.1) is 13.8 Å². The second-order valence-corrected chi connectivity index (χ2v) is 7.04. The first-order valence-corrected chi connectivity index (χ1v) is 9.41. The third kappa shape index (κ3) is 4.64. The molecule has 0 atom stereocenters. The topological polar surface area (TPSA) is 80.4 Å². The summed E-state index contributed by atoms with van der Waals surface area (Å²) in [6.45, 7) is 8.66. The van der Waals surface area contributed by atoms with Crippen LogP contribution in [-0.2, 0) is 13.2 Å². The predicted octanol–water partition coefficient (Wildman–Crippen LogP) is 2.38. The maximum atomic E-state index is 5.80. The zero-order valence-electron chi connectivity index (χ0n) is 16.2. The van der Waals surface area contributed by atoms with Gasteiger partial charge in [-0.3, -0.25) is 9.88 Å². The van der Waals surface area contributed by atoms with Crippen molar-refractivity contribution in [2.24, 2.45) is 0 Å². The minimum absolute atomic E-state index is 0.298. The van der Waals surface area contributed by atoms with E-state index in [0.717, 1.165) is 37.7 Å². The van der Waals surface area contributed by atoms with Gasteiger partial charge < -0.3 is 14.2 Å². The van der Waals surface area contributed by atoms with Gasteiger partial charge in [-0.15, -0.1) is 0 Å². The first-order chi connectivity index (χ1) is 13.7. The van der Waals surface area contributed by atoms with Gasteiger partial charge in [0.2, 0.25) is 11.7 Å². The van der Waals surface area contributed by atoms with Crippen molar-refractivity contribution in [1.29, 1.82) is 0 Å². The van der Waals surface area contributed by atoms with Crippen molar-refractivity contribution in [3.05, 3.63) is 59.6 Å². The summed E-state index contributed by atoms with van der Waals surface area (Å²) >= 11 is 0. The Balaban J connectivity index is 1.27. The molecule has 1 saturated heterocycles. The maximum absolute atomic E-state index is 5.80. The van der Waals surface area contributed by atoms with E-state index in [9.17, 15) is 0 Å². The smallest absolute Gasteiger partial charge is 0.240 e. The standard InChI is InChI=1S/C20H24N6O2/c1-15-9-16(2)11-17(10-15)27-14-18-23-20(28-24-18)13-25-5-7-26(8-6-25)19-12-21-3-4-22-19/h3-4,9-12H,5-8,13-14H2,1-2H3. The molecule has 8 nitrogen and oxygen atoms in total. The van der Waals surface area contributed by atoms with Crippen LogP contribution in [0.3, 0.4) is 0 Å². The van der Waals surface area contributed by atoms with Gasteiger partial charge in [0.25, 0.3) is 0 Å². The molecule has 2 aromatic heterocycles. The molecule has 1 aliphatic heterocycles. The molecule has 0 N–H and O–H groups in total. The highest BCUT2D eigenvalue weighted by atomic mass is 16.5. The van der Waals surface area contributed by atoms with E-state index in [2.05, 4.69) is 49.8 Å². The van der Waals surface area contributed by atoms with Gasteiger partial charge in [0.05, 0.1) is 12.7 Å². The molecule has 8 heteroatoms. The van der Waals surface area contributed by atoms with E-state index in [1.54, 1.807) is 18.6 Å². The van der Waals surface area contributed by atoms with E-state index in [0.29, 0.717) is 24.9 Å². The number of nitrogens with zero attached hydrogens (tertiary/aromatic N) is 6. The van der Waals surface area contributed by atoms with Gasteiger partial charge >= 0.3 is 0 Å². The van der Waals surface area contributed by atoms with Crippen molar-refractivity contribution in [3.63, 3.8) is 0 Å². The lowest BCUT2D eigenvalue weighted by Crippen LogP contribution is -2.46. The molecule has 0 radical (unpaired) electrons. The predicted molar refractivity (Wildman–Crippen MR) is 104 cm³/mol. The average Bonchev–Trinajstić information content (AvgIpc) is 3.14. The lowest BCUT2D eigenvalue weighted by atomic mass is 10.1. The Morgan fingerprint density at radius 2 is 1.82 bits per heavy atom. The van der Waals surface area contributed by atoms with Crippen LogP contribution in [0.15, 0.2) is 41.3 Å². The molecule has 0 spiro atoms. The molecule has 28 heavy (non-hydrogen) atoms. The summed E-state index contributed by atoms with van der Waals surface area (Å²) in [7, 11) is 0. The number of anilines is 1. The van der Waals surface area contributed by atoms with Crippen molar-refractivity contribution in [2.75, 3.05) is 31.1 Å². The second-order valence-electron chi connectivity index (χ2n) is 7.04. The summed E-state index contributed by atoms with van der Waals surface area (Å²) in [5.74, 6) is 2.93. The molecule has 4 rings (SSSR count). The third-order valence-electron chi connectivity index (χ3n) is 4.68. The maximum Gasteiger partial charge on any atom is 0.240 e. The first-order valence-electron chi connectivity index (χ1n) is 9.41. The van der Waals surface area contributed by atoms with Gasteiger partial charge in [0, 0.05) is 38.6 Å². The van der Waals surface area contributed by atoms with E-state index in [1.165, 1.54) is 11.1 Å². The molecule has 3 aromatic rings. The number of ether oxygens (including phenoxy) is 1. The average molecular weight is 380 g/mol. The Kier molecular flexibility index (Phi) is 5.48. The molecule has 0 aliphatic carbocycles. The summed E-state index contributed by atoms with van der Waals surface area (Å²) < 4.78 is 11.2. The van der Waals surface area contributed by atoms with E-state index in [4.69, 9.17) is 9.26 Å². The minimum Gasteiger partial charge on any atom is -0.485 e. The van der Waals surface area contributed by atoms with Crippen molar-refractivity contribution >= 4 is 5.82 Å².